The van der Waals surface area contributed by atoms with Crippen LogP contribution in [0.3, 0.4) is 0 Å². The molecule has 118 valence electrons. The van der Waals surface area contributed by atoms with Gasteiger partial charge in [-0.3, -0.25) is 0 Å². The second kappa shape index (κ2) is 6.54. The molecule has 2 aromatic carbocycles. The molecular formula is C18H20N4O. The Morgan fingerprint density at radius 3 is 2.61 bits per heavy atom. The van der Waals surface area contributed by atoms with E-state index in [0.29, 0.717) is 0 Å². The number of nitrogens with one attached hydrogen (secondary N) is 3. The van der Waals surface area contributed by atoms with Gasteiger partial charge in [0.25, 0.3) is 0 Å². The number of anilines is 2. The first kappa shape index (κ1) is 15.1. The molecule has 5 nitrogen and oxygen atoms in total. The normalized spacial score (nSPS) is 10.7. The molecule has 0 atom stereocenters. The molecule has 0 fully saturated rings. The molecule has 0 radical (unpaired) electrons. The van der Waals surface area contributed by atoms with Gasteiger partial charge in [0.05, 0.1) is 0 Å². The molecule has 1 aromatic heterocycles. The average Bonchev–Trinajstić information content (AvgIpc) is 2.89. The highest BCUT2D eigenvalue weighted by atomic mass is 16.2. The fourth-order valence-corrected chi connectivity index (χ4v) is 2.62. The van der Waals surface area contributed by atoms with Gasteiger partial charge in [0.1, 0.15) is 0 Å². The predicted octanol–water partition coefficient (Wildman–Crippen LogP) is 3.54. The number of amides is 2. The van der Waals surface area contributed by atoms with Crippen LogP contribution < -0.4 is 16.0 Å². The number of aryl methyl sites for hydroxylation is 1. The molecule has 3 rings (SSSR count). The summed E-state index contributed by atoms with van der Waals surface area (Å²) in [5.74, 6) is 0. The number of carbonyl (C=O) groups excluding carboxylic acids is 1. The standard InChI is InChI=1S/C18H20N4O/c1-19-12-13-4-3-5-15(10-13)20-18(23)21-16-6-7-17-14(11-16)8-9-22(17)2/h3-11,19H,12H2,1-2H3,(H2,20,21,23). The van der Waals surface area contributed by atoms with E-state index in [0.717, 1.165) is 34.4 Å². The number of urea groups is 1. The van der Waals surface area contributed by atoms with E-state index < -0.39 is 0 Å². The van der Waals surface area contributed by atoms with Crippen molar-refractivity contribution in [1.29, 1.82) is 0 Å². The minimum absolute atomic E-state index is 0.248. The first-order chi connectivity index (χ1) is 11.2. The van der Waals surface area contributed by atoms with E-state index in [9.17, 15) is 4.79 Å². The van der Waals surface area contributed by atoms with Crippen molar-refractivity contribution < 1.29 is 4.79 Å². The maximum Gasteiger partial charge on any atom is 0.323 e. The van der Waals surface area contributed by atoms with Crippen LogP contribution in [0.5, 0.6) is 0 Å². The van der Waals surface area contributed by atoms with E-state index in [1.165, 1.54) is 0 Å². The minimum Gasteiger partial charge on any atom is -0.351 e. The highest BCUT2D eigenvalue weighted by Gasteiger charge is 2.05. The number of hydrogen-bond acceptors (Lipinski definition) is 2. The van der Waals surface area contributed by atoms with Gasteiger partial charge in [-0.1, -0.05) is 12.1 Å². The van der Waals surface area contributed by atoms with Crippen molar-refractivity contribution >= 4 is 28.3 Å². The SMILES string of the molecule is CNCc1cccc(NC(=O)Nc2ccc3c(ccn3C)c2)c1. The second-order valence-corrected chi connectivity index (χ2v) is 5.51. The monoisotopic (exact) mass is 308 g/mol. The molecular weight excluding hydrogens is 288 g/mol. The summed E-state index contributed by atoms with van der Waals surface area (Å²) in [6, 6.07) is 15.4. The van der Waals surface area contributed by atoms with Crippen molar-refractivity contribution in [2.75, 3.05) is 17.7 Å². The fraction of sp³-hybridized carbons (Fsp3) is 0.167. The third-order valence-corrected chi connectivity index (χ3v) is 3.71. The molecule has 1 heterocycles. The smallest absolute Gasteiger partial charge is 0.323 e. The van der Waals surface area contributed by atoms with Gasteiger partial charge >= 0.3 is 6.03 Å². The van der Waals surface area contributed by atoms with E-state index >= 15 is 0 Å². The Labute approximate surface area is 135 Å². The quantitative estimate of drug-likeness (QED) is 0.690. The third kappa shape index (κ3) is 3.52. The van der Waals surface area contributed by atoms with E-state index in [4.69, 9.17) is 0 Å². The van der Waals surface area contributed by atoms with Gasteiger partial charge in [0, 0.05) is 42.1 Å². The number of carbonyl (C=O) groups is 1. The number of benzene rings is 2. The van der Waals surface area contributed by atoms with Crippen molar-refractivity contribution in [3.63, 3.8) is 0 Å². The predicted molar refractivity (Wildman–Crippen MR) is 94.8 cm³/mol. The third-order valence-electron chi connectivity index (χ3n) is 3.71. The van der Waals surface area contributed by atoms with Gasteiger partial charge in [-0.2, -0.15) is 0 Å². The lowest BCUT2D eigenvalue weighted by Gasteiger charge is -2.09. The van der Waals surface area contributed by atoms with Crippen molar-refractivity contribution in [3.8, 4) is 0 Å². The fourth-order valence-electron chi connectivity index (χ4n) is 2.62. The Hall–Kier alpha value is -2.79. The van der Waals surface area contributed by atoms with E-state index in [2.05, 4.69) is 16.0 Å². The van der Waals surface area contributed by atoms with Crippen LogP contribution in [0.2, 0.25) is 0 Å². The molecule has 3 N–H and O–H groups in total. The number of fused-ring (bicyclic) bond motifs is 1. The zero-order chi connectivity index (χ0) is 16.2. The second-order valence-electron chi connectivity index (χ2n) is 5.51. The molecule has 0 aliphatic rings. The molecule has 0 bridgehead atoms. The number of aromatic nitrogens is 1. The number of nitrogens with zero attached hydrogens (tertiary/aromatic N) is 1. The molecule has 5 heteroatoms. The van der Waals surface area contributed by atoms with Crippen LogP contribution in [-0.4, -0.2) is 17.6 Å². The van der Waals surface area contributed by atoms with Crippen molar-refractivity contribution in [2.24, 2.45) is 7.05 Å². The number of rotatable bonds is 4. The minimum atomic E-state index is -0.248. The Balaban J connectivity index is 1.69. The summed E-state index contributed by atoms with van der Waals surface area (Å²) >= 11 is 0. The van der Waals surface area contributed by atoms with Crippen molar-refractivity contribution in [2.45, 2.75) is 6.54 Å². The molecule has 23 heavy (non-hydrogen) atoms. The zero-order valence-corrected chi connectivity index (χ0v) is 13.3. The highest BCUT2D eigenvalue weighted by Crippen LogP contribution is 2.20. The lowest BCUT2D eigenvalue weighted by molar-refractivity contribution is 0.262. The average molecular weight is 308 g/mol. The Bertz CT molecular complexity index is 838. The largest absolute Gasteiger partial charge is 0.351 e. The molecule has 3 aromatic rings. The van der Waals surface area contributed by atoms with Crippen LogP contribution >= 0.6 is 0 Å². The summed E-state index contributed by atoms with van der Waals surface area (Å²) in [5, 5.41) is 9.92. The first-order valence-electron chi connectivity index (χ1n) is 7.52. The topological polar surface area (TPSA) is 58.1 Å². The first-order valence-corrected chi connectivity index (χ1v) is 7.52. The summed E-state index contributed by atoms with van der Waals surface area (Å²) in [5.41, 5.74) is 3.80. The van der Waals surface area contributed by atoms with Crippen LogP contribution in [0.1, 0.15) is 5.56 Å². The Morgan fingerprint density at radius 2 is 1.83 bits per heavy atom. The summed E-state index contributed by atoms with van der Waals surface area (Å²) < 4.78 is 2.05. The highest BCUT2D eigenvalue weighted by molar-refractivity contribution is 6.01. The van der Waals surface area contributed by atoms with Crippen molar-refractivity contribution in [1.82, 2.24) is 9.88 Å². The molecule has 0 aliphatic heterocycles. The van der Waals surface area contributed by atoms with Crippen LogP contribution in [0.25, 0.3) is 10.9 Å². The zero-order valence-electron chi connectivity index (χ0n) is 13.3. The van der Waals surface area contributed by atoms with Gasteiger partial charge < -0.3 is 20.5 Å². The molecule has 0 saturated carbocycles. The van der Waals surface area contributed by atoms with Gasteiger partial charge in [0.2, 0.25) is 0 Å². The lowest BCUT2D eigenvalue weighted by atomic mass is 10.2. The van der Waals surface area contributed by atoms with Crippen LogP contribution in [-0.2, 0) is 13.6 Å². The van der Waals surface area contributed by atoms with Gasteiger partial charge in [-0.15, -0.1) is 0 Å². The summed E-state index contributed by atoms with van der Waals surface area (Å²) in [6.45, 7) is 0.766. The Kier molecular flexibility index (Phi) is 4.30. The summed E-state index contributed by atoms with van der Waals surface area (Å²) in [7, 11) is 3.90. The summed E-state index contributed by atoms with van der Waals surface area (Å²) in [4.78, 5) is 12.1. The maximum atomic E-state index is 12.1. The lowest BCUT2D eigenvalue weighted by Crippen LogP contribution is -2.19. The molecule has 0 unspecified atom stereocenters. The van der Waals surface area contributed by atoms with Crippen molar-refractivity contribution in [3.05, 3.63) is 60.3 Å². The van der Waals surface area contributed by atoms with Gasteiger partial charge in [-0.05, 0) is 49.0 Å². The molecule has 0 aliphatic carbocycles. The molecule has 2 amide bonds. The number of hydrogen-bond donors (Lipinski definition) is 3. The van der Waals surface area contributed by atoms with Crippen LogP contribution in [0, 0.1) is 0 Å². The van der Waals surface area contributed by atoms with E-state index in [1.54, 1.807) is 0 Å². The van der Waals surface area contributed by atoms with E-state index in [1.807, 2.05) is 73.4 Å². The van der Waals surface area contributed by atoms with E-state index in [-0.39, 0.29) is 6.03 Å². The maximum absolute atomic E-state index is 12.1. The van der Waals surface area contributed by atoms with Gasteiger partial charge in [-0.25, -0.2) is 4.79 Å². The van der Waals surface area contributed by atoms with Crippen LogP contribution in [0.4, 0.5) is 16.2 Å². The molecule has 0 spiro atoms. The molecule has 0 saturated heterocycles. The van der Waals surface area contributed by atoms with Crippen LogP contribution in [0.15, 0.2) is 54.7 Å². The summed E-state index contributed by atoms with van der Waals surface area (Å²) in [6.07, 6.45) is 2.00. The van der Waals surface area contributed by atoms with Gasteiger partial charge in [0.15, 0.2) is 0 Å². The Morgan fingerprint density at radius 1 is 1.04 bits per heavy atom.